The number of ketones is 1. The molecule has 7 heterocycles. The highest BCUT2D eigenvalue weighted by atomic mass is 16.8. The number of ether oxygens (including phenoxy) is 11. The van der Waals surface area contributed by atoms with Gasteiger partial charge < -0.3 is 134 Å². The van der Waals surface area contributed by atoms with Crippen LogP contribution >= 0.6 is 0 Å². The Bertz CT molecular complexity index is 2610. The number of allylic oxidation sites excluding steroid dienone is 4. The molecule has 6 saturated heterocycles. The molecule has 2 saturated carbocycles. The molecule has 9 rings (SSSR count). The van der Waals surface area contributed by atoms with Crippen LogP contribution in [-0.2, 0) is 66.5 Å². The predicted molar refractivity (Wildman–Crippen MR) is 312 cm³/mol. The second-order valence-electron chi connectivity index (χ2n) is 28.2. The SMILES string of the molecule is CC(=O)N[C@H]1[C@H](O[C@@H]2CO[C@@H](O[C@H]3CC[C@@]4(C)[C@@H](CCC5=C6CC[C@H]([C@H](C)CC(=O)C=C(C)C)[C@@]6(C)CC[C@@]4(O)O5)C3(C)C)[C@H](O[C@@H]3O[C@H](CO[C@@H]4O[C@H](CO)[C@@H](O)[C@H](O)[C@H]4O[C@@H]4O[C@H](CO)[C@@H](O)[C@H](O)[C@H]4O)[C@@H](O)[C@H](O)[C@H]3NC(C)=O)[C@H]2O)O[C@H](CO)[C@H](O)[C@@H]1O. The van der Waals surface area contributed by atoms with Crippen LogP contribution < -0.4 is 10.6 Å². The van der Waals surface area contributed by atoms with Crippen molar-refractivity contribution in [2.75, 3.05) is 33.0 Å². The molecule has 2 bridgehead atoms. The van der Waals surface area contributed by atoms with E-state index in [4.69, 9.17) is 52.1 Å². The second-order valence-corrected chi connectivity index (χ2v) is 28.2. The van der Waals surface area contributed by atoms with Gasteiger partial charge in [0.05, 0.1) is 44.9 Å². The fraction of sp³-hybridized carbons (Fsp3) is 0.887. The highest BCUT2D eigenvalue weighted by molar-refractivity contribution is 5.90. The smallest absolute Gasteiger partial charge is 0.217 e. The normalized spacial score (nSPS) is 47.4. The van der Waals surface area contributed by atoms with Crippen molar-refractivity contribution in [3.63, 3.8) is 0 Å². The number of hydrogen-bond donors (Lipinski definition) is 16. The van der Waals surface area contributed by atoms with Crippen molar-refractivity contribution in [2.24, 2.45) is 34.0 Å². The highest BCUT2D eigenvalue weighted by Gasteiger charge is 2.66. The molecule has 31 atom stereocenters. The van der Waals surface area contributed by atoms with E-state index in [9.17, 15) is 85.9 Å². The number of fused-ring (bicyclic) bond motifs is 5. The Morgan fingerprint density at radius 1 is 0.587 bits per heavy atom. The van der Waals surface area contributed by atoms with Gasteiger partial charge in [0.2, 0.25) is 17.6 Å². The zero-order valence-electron chi connectivity index (χ0n) is 53.6. The van der Waals surface area contributed by atoms with Gasteiger partial charge in [-0.25, -0.2) is 0 Å². The molecule has 30 heteroatoms. The fourth-order valence-corrected chi connectivity index (χ4v) is 16.4. The Labute approximate surface area is 534 Å². The van der Waals surface area contributed by atoms with E-state index >= 15 is 0 Å². The Hall–Kier alpha value is -3.07. The first-order chi connectivity index (χ1) is 43.2. The quantitative estimate of drug-likeness (QED) is 0.0523. The molecule has 16 N–H and O–H groups in total. The Balaban J connectivity index is 1.00. The van der Waals surface area contributed by atoms with E-state index in [-0.39, 0.29) is 29.0 Å². The number of hydrogen-bond acceptors (Lipinski definition) is 28. The summed E-state index contributed by atoms with van der Waals surface area (Å²) in [4.78, 5) is 38.5. The Morgan fingerprint density at radius 2 is 1.12 bits per heavy atom. The average molecular weight is 1320 g/mol. The van der Waals surface area contributed by atoms with Crippen molar-refractivity contribution in [2.45, 2.75) is 279 Å². The standard InChI is InChI=1S/C62H100N2O28/c1-25(2)18-29(70)19-26(3)30-10-11-31-32-12-13-38-59(6,7)39(14-15-61(38,9)62(81,92-32)17-16-60(30,31)8)89-58-52(46(75)37(24-83-58)88-54-40(63-27(4)68)47(76)42(71)33(20-65)84-54)90-55-41(64-28(5)69)48(77)45(74)36(87-55)23-82-57-53(50(79)44(73)35(22-67)86-57)91-56-51(80)49(78)43(72)34(21-66)85-56/h18,26,30,33-58,65-67,71-81H,10-17,19-24H2,1-9H3,(H,63,68)(H,64,69)/t26-,30-,33-,34-,35-,36-,37-,38+,39+,40-,41-,42+,43-,44-,45-,46+,47-,48-,49+,50+,51-,52-,53-,54+,55+,56+,57-,58+,60-,61+,62-/m1/s1. The van der Waals surface area contributed by atoms with Gasteiger partial charge in [-0.3, -0.25) is 14.4 Å². The monoisotopic (exact) mass is 1320 g/mol. The van der Waals surface area contributed by atoms with E-state index in [1.54, 1.807) is 6.08 Å². The van der Waals surface area contributed by atoms with Crippen molar-refractivity contribution in [3.8, 4) is 0 Å². The van der Waals surface area contributed by atoms with Gasteiger partial charge in [0.15, 0.2) is 37.2 Å². The average Bonchev–Trinajstić information content (AvgIpc) is 1.45. The van der Waals surface area contributed by atoms with Crippen LogP contribution in [0, 0.1) is 34.0 Å². The van der Waals surface area contributed by atoms with Crippen LogP contribution in [0.2, 0.25) is 0 Å². The second kappa shape index (κ2) is 29.2. The van der Waals surface area contributed by atoms with Crippen LogP contribution in [0.3, 0.4) is 0 Å². The number of carbonyl (C=O) groups excluding carboxylic acids is 3. The minimum absolute atomic E-state index is 0.0813. The largest absolute Gasteiger partial charge is 0.466 e. The lowest BCUT2D eigenvalue weighted by molar-refractivity contribution is -0.380. The van der Waals surface area contributed by atoms with Gasteiger partial charge in [-0.15, -0.1) is 0 Å². The molecule has 0 aromatic rings. The van der Waals surface area contributed by atoms with Gasteiger partial charge in [-0.1, -0.05) is 40.2 Å². The lowest BCUT2D eigenvalue weighted by Gasteiger charge is -2.58. The fourth-order valence-electron chi connectivity index (χ4n) is 16.4. The van der Waals surface area contributed by atoms with Crippen molar-refractivity contribution in [1.29, 1.82) is 0 Å². The first kappa shape index (κ1) is 73.2. The summed E-state index contributed by atoms with van der Waals surface area (Å²) in [5, 5.41) is 161. The molecule has 0 spiro atoms. The summed E-state index contributed by atoms with van der Waals surface area (Å²) in [7, 11) is 0. The number of aliphatic hydroxyl groups is 14. The van der Waals surface area contributed by atoms with E-state index in [0.717, 1.165) is 38.0 Å². The first-order valence-corrected chi connectivity index (χ1v) is 32.2. The number of aliphatic hydroxyl groups excluding tert-OH is 13. The Kier molecular flexibility index (Phi) is 23.2. The molecule has 2 amide bonds. The predicted octanol–water partition coefficient (Wildman–Crippen LogP) is -3.64. The maximum absolute atomic E-state index is 13.2. The number of nitrogens with one attached hydrogen (secondary N) is 2. The molecule has 526 valence electrons. The van der Waals surface area contributed by atoms with Crippen LogP contribution in [0.4, 0.5) is 0 Å². The number of rotatable bonds is 20. The summed E-state index contributed by atoms with van der Waals surface area (Å²) in [5.74, 6) is -2.20. The molecule has 30 nitrogen and oxygen atoms in total. The minimum atomic E-state index is -2.00. The van der Waals surface area contributed by atoms with Crippen LogP contribution in [0.25, 0.3) is 0 Å². The van der Waals surface area contributed by atoms with Gasteiger partial charge in [0, 0.05) is 38.5 Å². The third-order valence-electron chi connectivity index (χ3n) is 21.5. The summed E-state index contributed by atoms with van der Waals surface area (Å²) < 4.78 is 68.7. The molecule has 8 fully saturated rings. The lowest BCUT2D eigenvalue weighted by Crippen LogP contribution is -2.69. The molecule has 0 unspecified atom stereocenters. The summed E-state index contributed by atoms with van der Waals surface area (Å²) in [6.07, 6.45) is -33.4. The number of carbonyl (C=O) groups is 3. The van der Waals surface area contributed by atoms with Gasteiger partial charge in [0.1, 0.15) is 116 Å². The van der Waals surface area contributed by atoms with Crippen LogP contribution in [0.1, 0.15) is 120 Å². The molecule has 0 aromatic heterocycles. The number of amides is 2. The van der Waals surface area contributed by atoms with E-state index < -0.39 is 215 Å². The summed E-state index contributed by atoms with van der Waals surface area (Å²) in [6, 6.07) is -3.14. The third kappa shape index (κ3) is 14.3. The van der Waals surface area contributed by atoms with Crippen LogP contribution in [0.5, 0.6) is 0 Å². The van der Waals surface area contributed by atoms with Crippen LogP contribution in [0.15, 0.2) is 23.0 Å². The topological polar surface area (TPSA) is 460 Å². The third-order valence-corrected chi connectivity index (χ3v) is 21.5. The van der Waals surface area contributed by atoms with Gasteiger partial charge in [-0.2, -0.15) is 0 Å². The van der Waals surface area contributed by atoms with Gasteiger partial charge in [0.25, 0.3) is 0 Å². The molecule has 2 aliphatic carbocycles. The van der Waals surface area contributed by atoms with E-state index in [1.165, 1.54) is 5.57 Å². The van der Waals surface area contributed by atoms with Crippen molar-refractivity contribution < 1.29 is 138 Å². The summed E-state index contributed by atoms with van der Waals surface area (Å²) >= 11 is 0. The summed E-state index contributed by atoms with van der Waals surface area (Å²) in [6.45, 7) is 12.7. The molecule has 7 aliphatic heterocycles. The minimum Gasteiger partial charge on any atom is -0.466 e. The van der Waals surface area contributed by atoms with Crippen molar-refractivity contribution in [3.05, 3.63) is 23.0 Å². The molecule has 0 aromatic carbocycles. The van der Waals surface area contributed by atoms with Gasteiger partial charge in [-0.05, 0) is 92.6 Å². The molecular weight excluding hydrogens is 1220 g/mol. The molecular formula is C62H100N2O28. The summed E-state index contributed by atoms with van der Waals surface area (Å²) in [5.41, 5.74) is 0.119. The molecule has 0 radical (unpaired) electrons. The van der Waals surface area contributed by atoms with Gasteiger partial charge >= 0.3 is 0 Å². The first-order valence-electron chi connectivity index (χ1n) is 32.2. The Morgan fingerprint density at radius 3 is 1.72 bits per heavy atom. The zero-order chi connectivity index (χ0) is 67.4. The molecule has 9 aliphatic rings. The van der Waals surface area contributed by atoms with Crippen LogP contribution in [-0.4, -0.2) is 281 Å². The van der Waals surface area contributed by atoms with Crippen molar-refractivity contribution >= 4 is 17.6 Å². The van der Waals surface area contributed by atoms with E-state index in [0.29, 0.717) is 44.9 Å². The van der Waals surface area contributed by atoms with E-state index in [2.05, 4.69) is 24.5 Å². The lowest BCUT2D eigenvalue weighted by atomic mass is 9.50. The maximum Gasteiger partial charge on any atom is 0.217 e. The maximum atomic E-state index is 13.2. The van der Waals surface area contributed by atoms with Crippen molar-refractivity contribution in [1.82, 2.24) is 10.6 Å². The highest BCUT2D eigenvalue weighted by Crippen LogP contribution is 2.66. The van der Waals surface area contributed by atoms with E-state index in [1.807, 2.05) is 34.6 Å². The zero-order valence-corrected chi connectivity index (χ0v) is 53.6. The molecule has 92 heavy (non-hydrogen) atoms.